The van der Waals surface area contributed by atoms with Crippen LogP contribution in [-0.2, 0) is 0 Å². The predicted octanol–water partition coefficient (Wildman–Crippen LogP) is 1.09. The molecule has 0 bridgehead atoms. The van der Waals surface area contributed by atoms with Crippen molar-refractivity contribution in [1.82, 2.24) is 10.3 Å². The molecule has 0 aliphatic heterocycles. The molecular weight excluding hydrogens is 230 g/mol. The van der Waals surface area contributed by atoms with Gasteiger partial charge in [0.05, 0.1) is 0 Å². The summed E-state index contributed by atoms with van der Waals surface area (Å²) in [6.07, 6.45) is 6.06. The van der Waals surface area contributed by atoms with E-state index in [2.05, 4.69) is 10.3 Å². The first-order valence-electron chi connectivity index (χ1n) is 6.31. The molecule has 1 aliphatic carbocycles. The van der Waals surface area contributed by atoms with Gasteiger partial charge in [-0.1, -0.05) is 6.42 Å². The Kier molecular flexibility index (Phi) is 4.15. The predicted molar refractivity (Wildman–Crippen MR) is 68.5 cm³/mol. The van der Waals surface area contributed by atoms with E-state index in [-0.39, 0.29) is 6.10 Å². The van der Waals surface area contributed by atoms with E-state index in [4.69, 9.17) is 10.5 Å². The average Bonchev–Trinajstić information content (AvgIpc) is 2.40. The summed E-state index contributed by atoms with van der Waals surface area (Å²) >= 11 is 0. The van der Waals surface area contributed by atoms with E-state index in [0.29, 0.717) is 17.5 Å². The van der Waals surface area contributed by atoms with Crippen LogP contribution in [0.25, 0.3) is 0 Å². The molecule has 18 heavy (non-hydrogen) atoms. The third-order valence-electron chi connectivity index (χ3n) is 3.37. The Balaban J connectivity index is 2.15. The Bertz CT molecular complexity index is 422. The van der Waals surface area contributed by atoms with E-state index in [0.717, 1.165) is 19.3 Å². The van der Waals surface area contributed by atoms with Gasteiger partial charge in [0.2, 0.25) is 5.88 Å². The zero-order valence-corrected chi connectivity index (χ0v) is 10.6. The zero-order chi connectivity index (χ0) is 13.0. The number of pyridine rings is 1. The van der Waals surface area contributed by atoms with E-state index in [1.807, 2.05) is 7.05 Å². The maximum absolute atomic E-state index is 11.3. The number of nitrogens with zero attached hydrogens (tertiary/aromatic N) is 1. The first-order chi connectivity index (χ1) is 8.72. The molecule has 5 heteroatoms. The molecule has 98 valence electrons. The van der Waals surface area contributed by atoms with E-state index in [1.165, 1.54) is 6.42 Å². The number of carbonyl (C=O) groups is 1. The summed E-state index contributed by atoms with van der Waals surface area (Å²) in [4.78, 5) is 15.4. The van der Waals surface area contributed by atoms with Crippen LogP contribution >= 0.6 is 0 Å². The van der Waals surface area contributed by atoms with Crippen molar-refractivity contribution in [3.05, 3.63) is 23.9 Å². The number of rotatable bonds is 4. The van der Waals surface area contributed by atoms with Gasteiger partial charge in [-0.05, 0) is 38.4 Å². The van der Waals surface area contributed by atoms with Crippen LogP contribution in [0.3, 0.4) is 0 Å². The van der Waals surface area contributed by atoms with Gasteiger partial charge in [0, 0.05) is 12.2 Å². The van der Waals surface area contributed by atoms with Gasteiger partial charge < -0.3 is 15.8 Å². The van der Waals surface area contributed by atoms with Crippen LogP contribution in [0.2, 0.25) is 0 Å². The molecule has 0 radical (unpaired) electrons. The number of hydrogen-bond donors (Lipinski definition) is 2. The van der Waals surface area contributed by atoms with Crippen LogP contribution in [0.5, 0.6) is 5.88 Å². The van der Waals surface area contributed by atoms with E-state index < -0.39 is 5.91 Å². The summed E-state index contributed by atoms with van der Waals surface area (Å²) < 4.78 is 5.88. The van der Waals surface area contributed by atoms with Crippen molar-refractivity contribution in [2.24, 2.45) is 5.73 Å². The van der Waals surface area contributed by atoms with Gasteiger partial charge in [0.25, 0.3) is 5.91 Å². The summed E-state index contributed by atoms with van der Waals surface area (Å²) in [6.45, 7) is 0. The van der Waals surface area contributed by atoms with Crippen molar-refractivity contribution in [3.63, 3.8) is 0 Å². The highest BCUT2D eigenvalue weighted by Gasteiger charge is 2.26. The highest BCUT2D eigenvalue weighted by atomic mass is 16.5. The van der Waals surface area contributed by atoms with Crippen LogP contribution in [-0.4, -0.2) is 30.1 Å². The lowest BCUT2D eigenvalue weighted by Crippen LogP contribution is -2.43. The number of carbonyl (C=O) groups excluding carboxylic acids is 1. The number of nitrogens with two attached hydrogens (primary N) is 1. The van der Waals surface area contributed by atoms with E-state index in [9.17, 15) is 4.79 Å². The normalized spacial score (nSPS) is 23.6. The fourth-order valence-electron chi connectivity index (χ4n) is 2.38. The van der Waals surface area contributed by atoms with Gasteiger partial charge >= 0.3 is 0 Å². The standard InChI is InChI=1S/C13H19N3O2/c1-15-10-6-2-3-7-11(10)18-13-9(12(14)17)5-4-8-16-13/h4-5,8,10-11,15H,2-3,6-7H2,1H3,(H2,14,17). The van der Waals surface area contributed by atoms with Crippen molar-refractivity contribution in [3.8, 4) is 5.88 Å². The van der Waals surface area contributed by atoms with Crippen LogP contribution in [0.1, 0.15) is 36.0 Å². The van der Waals surface area contributed by atoms with E-state index >= 15 is 0 Å². The largest absolute Gasteiger partial charge is 0.472 e. The van der Waals surface area contributed by atoms with Crippen LogP contribution in [0.4, 0.5) is 0 Å². The Morgan fingerprint density at radius 3 is 3.00 bits per heavy atom. The molecule has 1 aliphatic rings. The number of amides is 1. The molecule has 1 aromatic rings. The lowest BCUT2D eigenvalue weighted by atomic mass is 9.92. The molecule has 0 aromatic carbocycles. The third-order valence-corrected chi connectivity index (χ3v) is 3.37. The number of likely N-dealkylation sites (N-methyl/N-ethyl adjacent to an activating group) is 1. The van der Waals surface area contributed by atoms with Crippen molar-refractivity contribution >= 4 is 5.91 Å². The lowest BCUT2D eigenvalue weighted by Gasteiger charge is -2.31. The number of aromatic nitrogens is 1. The number of nitrogens with one attached hydrogen (secondary N) is 1. The maximum atomic E-state index is 11.3. The second-order valence-electron chi connectivity index (χ2n) is 4.56. The SMILES string of the molecule is CNC1CCCCC1Oc1ncccc1C(N)=O. The van der Waals surface area contributed by atoms with Gasteiger partial charge in [-0.3, -0.25) is 4.79 Å². The molecular formula is C13H19N3O2. The highest BCUT2D eigenvalue weighted by Crippen LogP contribution is 2.24. The number of hydrogen-bond acceptors (Lipinski definition) is 4. The molecule has 2 atom stereocenters. The molecule has 2 unspecified atom stereocenters. The second kappa shape index (κ2) is 5.82. The van der Waals surface area contributed by atoms with Crippen molar-refractivity contribution in [2.45, 2.75) is 37.8 Å². The molecule has 2 rings (SSSR count). The second-order valence-corrected chi connectivity index (χ2v) is 4.56. The monoisotopic (exact) mass is 249 g/mol. The molecule has 1 fully saturated rings. The molecule has 0 spiro atoms. The van der Waals surface area contributed by atoms with Crippen molar-refractivity contribution in [2.75, 3.05) is 7.05 Å². The number of primary amides is 1. The summed E-state index contributed by atoms with van der Waals surface area (Å²) in [7, 11) is 1.93. The Labute approximate surface area is 107 Å². The third kappa shape index (κ3) is 2.79. The summed E-state index contributed by atoms with van der Waals surface area (Å²) in [6, 6.07) is 3.63. The van der Waals surface area contributed by atoms with Crippen LogP contribution < -0.4 is 15.8 Å². The van der Waals surface area contributed by atoms with Gasteiger partial charge in [0.1, 0.15) is 11.7 Å². The topological polar surface area (TPSA) is 77.2 Å². The van der Waals surface area contributed by atoms with Crippen LogP contribution in [0, 0.1) is 0 Å². The highest BCUT2D eigenvalue weighted by molar-refractivity contribution is 5.94. The molecule has 3 N–H and O–H groups in total. The molecule has 1 aromatic heterocycles. The Morgan fingerprint density at radius 2 is 2.28 bits per heavy atom. The summed E-state index contributed by atoms with van der Waals surface area (Å²) in [5.74, 6) is -0.160. The Hall–Kier alpha value is -1.62. The molecule has 0 saturated heterocycles. The van der Waals surface area contributed by atoms with Gasteiger partial charge in [-0.15, -0.1) is 0 Å². The summed E-state index contributed by atoms with van der Waals surface area (Å²) in [5, 5.41) is 3.25. The van der Waals surface area contributed by atoms with Crippen molar-refractivity contribution < 1.29 is 9.53 Å². The molecule has 1 amide bonds. The minimum absolute atomic E-state index is 0.0525. The minimum Gasteiger partial charge on any atom is -0.472 e. The minimum atomic E-state index is -0.505. The van der Waals surface area contributed by atoms with Gasteiger partial charge in [-0.25, -0.2) is 4.98 Å². The zero-order valence-electron chi connectivity index (χ0n) is 10.6. The summed E-state index contributed by atoms with van der Waals surface area (Å²) in [5.41, 5.74) is 5.66. The maximum Gasteiger partial charge on any atom is 0.254 e. The van der Waals surface area contributed by atoms with Gasteiger partial charge in [0.15, 0.2) is 0 Å². The average molecular weight is 249 g/mol. The van der Waals surface area contributed by atoms with Gasteiger partial charge in [-0.2, -0.15) is 0 Å². The quantitative estimate of drug-likeness (QED) is 0.837. The number of ether oxygens (including phenoxy) is 1. The fraction of sp³-hybridized carbons (Fsp3) is 0.538. The smallest absolute Gasteiger partial charge is 0.254 e. The molecule has 1 saturated carbocycles. The molecule has 1 heterocycles. The van der Waals surface area contributed by atoms with Crippen molar-refractivity contribution in [1.29, 1.82) is 0 Å². The van der Waals surface area contributed by atoms with E-state index in [1.54, 1.807) is 18.3 Å². The fourth-order valence-corrected chi connectivity index (χ4v) is 2.38. The lowest BCUT2D eigenvalue weighted by molar-refractivity contribution is 0.0959. The van der Waals surface area contributed by atoms with Crippen LogP contribution in [0.15, 0.2) is 18.3 Å². The molecule has 5 nitrogen and oxygen atoms in total. The first-order valence-corrected chi connectivity index (χ1v) is 6.31. The Morgan fingerprint density at radius 1 is 1.50 bits per heavy atom. The first kappa shape index (κ1) is 12.8.